The lowest BCUT2D eigenvalue weighted by atomic mass is 9.93. The van der Waals surface area contributed by atoms with Crippen molar-refractivity contribution in [2.45, 2.75) is 44.4 Å². The Morgan fingerprint density at radius 3 is 1.88 bits per heavy atom. The first kappa shape index (κ1) is 12.9. The maximum absolute atomic E-state index is 8.73. The number of thiocyanates is 1. The quantitative estimate of drug-likeness (QED) is 0.487. The molecule has 2 N–H and O–H groups in total. The van der Waals surface area contributed by atoms with Crippen LogP contribution < -0.4 is 5.73 Å². The summed E-state index contributed by atoms with van der Waals surface area (Å²) in [6.45, 7) is 8.49. The standard InChI is InChI=1S/C13H18N2S/c1-8(2)11-5-10(16-7-14)6-12(9(3)4)13(11)15/h5-6,8-9H,15H2,1-4H3. The predicted molar refractivity (Wildman–Crippen MR) is 70.5 cm³/mol. The Bertz CT molecular complexity index is 387. The molecule has 0 amide bonds. The van der Waals surface area contributed by atoms with E-state index >= 15 is 0 Å². The van der Waals surface area contributed by atoms with Gasteiger partial charge in [-0.25, -0.2) is 0 Å². The molecule has 0 atom stereocenters. The fourth-order valence-electron chi connectivity index (χ4n) is 1.74. The molecule has 0 unspecified atom stereocenters. The van der Waals surface area contributed by atoms with Gasteiger partial charge in [0.05, 0.1) is 0 Å². The molecule has 0 saturated heterocycles. The highest BCUT2D eigenvalue weighted by Gasteiger charge is 2.13. The molecule has 0 saturated carbocycles. The molecule has 16 heavy (non-hydrogen) atoms. The van der Waals surface area contributed by atoms with E-state index in [2.05, 4.69) is 33.1 Å². The molecule has 1 aromatic carbocycles. The minimum Gasteiger partial charge on any atom is -0.398 e. The van der Waals surface area contributed by atoms with Gasteiger partial charge in [-0.05, 0) is 46.9 Å². The zero-order chi connectivity index (χ0) is 12.3. The van der Waals surface area contributed by atoms with Crippen molar-refractivity contribution in [3.63, 3.8) is 0 Å². The Balaban J connectivity index is 3.34. The van der Waals surface area contributed by atoms with Gasteiger partial charge in [-0.1, -0.05) is 27.7 Å². The second-order valence-electron chi connectivity index (χ2n) is 4.52. The van der Waals surface area contributed by atoms with Gasteiger partial charge >= 0.3 is 0 Å². The molecule has 0 spiro atoms. The van der Waals surface area contributed by atoms with Crippen LogP contribution >= 0.6 is 11.8 Å². The number of nitriles is 1. The number of hydrogen-bond donors (Lipinski definition) is 1. The van der Waals surface area contributed by atoms with Crippen molar-refractivity contribution < 1.29 is 0 Å². The smallest absolute Gasteiger partial charge is 0.138 e. The second-order valence-corrected chi connectivity index (χ2v) is 5.38. The first-order chi connectivity index (χ1) is 7.47. The summed E-state index contributed by atoms with van der Waals surface area (Å²) in [5.74, 6) is 0.772. The number of nitrogens with two attached hydrogens (primary N) is 1. The first-order valence-electron chi connectivity index (χ1n) is 5.46. The van der Waals surface area contributed by atoms with Crippen LogP contribution in [0.2, 0.25) is 0 Å². The SMILES string of the molecule is CC(C)c1cc(SC#N)cc(C(C)C)c1N. The van der Waals surface area contributed by atoms with Gasteiger partial charge in [0.25, 0.3) is 0 Å². The average molecular weight is 234 g/mol. The fourth-order valence-corrected chi connectivity index (χ4v) is 2.21. The monoisotopic (exact) mass is 234 g/mol. The van der Waals surface area contributed by atoms with Crippen LogP contribution in [0.25, 0.3) is 0 Å². The molecule has 0 heterocycles. The summed E-state index contributed by atoms with van der Waals surface area (Å²) in [7, 11) is 0. The number of hydrogen-bond acceptors (Lipinski definition) is 3. The van der Waals surface area contributed by atoms with Gasteiger partial charge in [0, 0.05) is 10.6 Å². The van der Waals surface area contributed by atoms with E-state index in [0.29, 0.717) is 11.8 Å². The third kappa shape index (κ3) is 2.70. The van der Waals surface area contributed by atoms with Gasteiger partial charge < -0.3 is 5.73 Å². The van der Waals surface area contributed by atoms with Gasteiger partial charge in [0.15, 0.2) is 0 Å². The van der Waals surface area contributed by atoms with Gasteiger partial charge in [0.2, 0.25) is 0 Å². The summed E-state index contributed by atoms with van der Waals surface area (Å²) < 4.78 is 0. The molecule has 0 aromatic heterocycles. The van der Waals surface area contributed by atoms with Crippen molar-refractivity contribution >= 4 is 17.4 Å². The fraction of sp³-hybridized carbons (Fsp3) is 0.462. The molecule has 0 aliphatic heterocycles. The predicted octanol–water partition coefficient (Wildman–Crippen LogP) is 4.09. The van der Waals surface area contributed by atoms with Gasteiger partial charge in [0.1, 0.15) is 5.40 Å². The van der Waals surface area contributed by atoms with Crippen molar-refractivity contribution in [1.29, 1.82) is 5.26 Å². The van der Waals surface area contributed by atoms with Crippen LogP contribution in [0.5, 0.6) is 0 Å². The van der Waals surface area contributed by atoms with E-state index < -0.39 is 0 Å². The molecule has 1 rings (SSSR count). The number of thioether (sulfide) groups is 1. The van der Waals surface area contributed by atoms with E-state index in [1.165, 1.54) is 11.8 Å². The zero-order valence-electron chi connectivity index (χ0n) is 10.2. The molecule has 0 aliphatic carbocycles. The molecule has 86 valence electrons. The topological polar surface area (TPSA) is 49.8 Å². The maximum Gasteiger partial charge on any atom is 0.138 e. The van der Waals surface area contributed by atoms with Gasteiger partial charge in [-0.15, -0.1) is 0 Å². The van der Waals surface area contributed by atoms with Crippen LogP contribution in [0.4, 0.5) is 5.69 Å². The molecule has 0 bridgehead atoms. The van der Waals surface area contributed by atoms with Crippen LogP contribution in [-0.2, 0) is 0 Å². The number of anilines is 1. The molecule has 0 fully saturated rings. The zero-order valence-corrected chi connectivity index (χ0v) is 11.1. The van der Waals surface area contributed by atoms with E-state index in [0.717, 1.165) is 21.7 Å². The maximum atomic E-state index is 8.73. The highest BCUT2D eigenvalue weighted by molar-refractivity contribution is 8.03. The van der Waals surface area contributed by atoms with Crippen molar-refractivity contribution in [3.05, 3.63) is 23.3 Å². The first-order valence-corrected chi connectivity index (χ1v) is 6.28. The van der Waals surface area contributed by atoms with Crippen molar-refractivity contribution in [1.82, 2.24) is 0 Å². The largest absolute Gasteiger partial charge is 0.398 e. The van der Waals surface area contributed by atoms with Crippen molar-refractivity contribution in [2.24, 2.45) is 0 Å². The third-order valence-corrected chi connectivity index (χ3v) is 3.19. The van der Waals surface area contributed by atoms with Crippen LogP contribution in [0.1, 0.15) is 50.7 Å². The Hall–Kier alpha value is -1.14. The summed E-state index contributed by atoms with van der Waals surface area (Å²) in [4.78, 5) is 0.990. The number of nitrogens with zero attached hydrogens (tertiary/aromatic N) is 1. The van der Waals surface area contributed by atoms with Gasteiger partial charge in [-0.3, -0.25) is 0 Å². The Labute approximate surface area is 102 Å². The van der Waals surface area contributed by atoms with Crippen LogP contribution in [0, 0.1) is 10.7 Å². The molecule has 0 aliphatic rings. The minimum atomic E-state index is 0.386. The number of benzene rings is 1. The number of nitrogen functional groups attached to an aromatic ring is 1. The highest BCUT2D eigenvalue weighted by Crippen LogP contribution is 2.34. The lowest BCUT2D eigenvalue weighted by Crippen LogP contribution is -2.03. The molecule has 0 radical (unpaired) electrons. The van der Waals surface area contributed by atoms with E-state index in [4.69, 9.17) is 11.0 Å². The summed E-state index contributed by atoms with van der Waals surface area (Å²) in [6.07, 6.45) is 0. The second kappa shape index (κ2) is 5.27. The summed E-state index contributed by atoms with van der Waals surface area (Å²) in [5.41, 5.74) is 9.32. The van der Waals surface area contributed by atoms with Gasteiger partial charge in [-0.2, -0.15) is 5.26 Å². The molecular formula is C13H18N2S. The van der Waals surface area contributed by atoms with E-state index in [-0.39, 0.29) is 0 Å². The summed E-state index contributed by atoms with van der Waals surface area (Å²) >= 11 is 1.20. The average Bonchev–Trinajstić information content (AvgIpc) is 2.19. The Morgan fingerprint density at radius 1 is 1.12 bits per heavy atom. The van der Waals surface area contributed by atoms with Crippen molar-refractivity contribution in [3.8, 4) is 5.40 Å². The van der Waals surface area contributed by atoms with Crippen LogP contribution in [0.15, 0.2) is 17.0 Å². The summed E-state index contributed by atoms with van der Waals surface area (Å²) in [5, 5.41) is 10.8. The summed E-state index contributed by atoms with van der Waals surface area (Å²) in [6, 6.07) is 4.06. The minimum absolute atomic E-state index is 0.386. The molecule has 2 nitrogen and oxygen atoms in total. The highest BCUT2D eigenvalue weighted by atomic mass is 32.2. The van der Waals surface area contributed by atoms with E-state index in [1.54, 1.807) is 0 Å². The van der Waals surface area contributed by atoms with Crippen molar-refractivity contribution in [2.75, 3.05) is 5.73 Å². The Morgan fingerprint density at radius 2 is 1.56 bits per heavy atom. The molecular weight excluding hydrogens is 216 g/mol. The normalized spacial score (nSPS) is 10.8. The Kier molecular flexibility index (Phi) is 4.26. The third-order valence-electron chi connectivity index (χ3n) is 2.63. The van der Waals surface area contributed by atoms with E-state index in [1.807, 2.05) is 12.1 Å². The molecule has 3 heteroatoms. The van der Waals surface area contributed by atoms with Crippen LogP contribution in [-0.4, -0.2) is 0 Å². The van der Waals surface area contributed by atoms with E-state index in [9.17, 15) is 0 Å². The number of rotatable bonds is 3. The lowest BCUT2D eigenvalue weighted by molar-refractivity contribution is 0.833. The molecule has 1 aromatic rings. The van der Waals surface area contributed by atoms with Crippen LogP contribution in [0.3, 0.4) is 0 Å². The lowest BCUT2D eigenvalue weighted by Gasteiger charge is -2.17.